The molecule has 0 unspecified atom stereocenters. The molecule has 1 N–H and O–H groups in total. The van der Waals surface area contributed by atoms with Crippen LogP contribution in [0.1, 0.15) is 11.1 Å². The number of alkyl halides is 6. The van der Waals surface area contributed by atoms with Crippen molar-refractivity contribution in [3.8, 4) is 11.1 Å². The first-order chi connectivity index (χ1) is 11.9. The molecule has 1 amide bonds. The predicted molar refractivity (Wildman–Crippen MR) is 87.5 cm³/mol. The maximum atomic E-state index is 14.5. The van der Waals surface area contributed by atoms with E-state index in [2.05, 4.69) is 0 Å². The molecule has 0 radical (unpaired) electrons. The molecule has 10 heteroatoms. The Morgan fingerprint density at radius 1 is 0.962 bits per heavy atom. The highest BCUT2D eigenvalue weighted by Crippen LogP contribution is 2.39. The summed E-state index contributed by atoms with van der Waals surface area (Å²) in [5.41, 5.74) is -1.88. The van der Waals surface area contributed by atoms with Crippen molar-refractivity contribution in [3.63, 3.8) is 0 Å². The highest BCUT2D eigenvalue weighted by molar-refractivity contribution is 14.1. The van der Waals surface area contributed by atoms with Gasteiger partial charge in [-0.2, -0.15) is 26.3 Å². The van der Waals surface area contributed by atoms with Crippen molar-refractivity contribution in [1.82, 2.24) is 5.32 Å². The summed E-state index contributed by atoms with van der Waals surface area (Å²) in [6.45, 7) is -0.624. The van der Waals surface area contributed by atoms with Crippen molar-refractivity contribution in [2.75, 3.05) is 0 Å². The Bertz CT molecular complexity index is 830. The number of carbonyl (C=O) groups excluding carboxylic acids is 1. The third kappa shape index (κ3) is 4.46. The molecule has 0 saturated carbocycles. The van der Waals surface area contributed by atoms with E-state index in [1.54, 1.807) is 5.32 Å². The fraction of sp³-hybridized carbons (Fsp3) is 0.188. The van der Waals surface area contributed by atoms with Crippen molar-refractivity contribution in [2.45, 2.75) is 18.9 Å². The lowest BCUT2D eigenvalue weighted by Crippen LogP contribution is -2.36. The van der Waals surface area contributed by atoms with Crippen LogP contribution in [0.5, 0.6) is 0 Å². The number of amides is 1. The quantitative estimate of drug-likeness (QED) is 0.459. The number of hydrogen-bond acceptors (Lipinski definition) is 1. The SMILES string of the molecule is O=C(NCc1ccccc1-c1ccc(I)c(C(F)(F)F)c1F)C(F)(F)F. The van der Waals surface area contributed by atoms with Crippen molar-refractivity contribution in [2.24, 2.45) is 0 Å². The summed E-state index contributed by atoms with van der Waals surface area (Å²) in [7, 11) is 0. The molecule has 2 aromatic carbocycles. The first kappa shape index (κ1) is 20.5. The standard InChI is InChI=1S/C16H9F7INO/c17-13-10(5-6-11(24)12(13)15(18,19)20)9-4-2-1-3-8(9)7-25-14(26)16(21,22)23/h1-6H,7H2,(H,25,26). The maximum Gasteiger partial charge on any atom is 0.471 e. The normalized spacial score (nSPS) is 12.2. The van der Waals surface area contributed by atoms with Gasteiger partial charge in [-0.1, -0.05) is 30.3 Å². The van der Waals surface area contributed by atoms with Gasteiger partial charge < -0.3 is 5.32 Å². The second-order valence-corrected chi connectivity index (χ2v) is 6.28. The van der Waals surface area contributed by atoms with Crippen molar-refractivity contribution in [3.05, 3.63) is 56.9 Å². The minimum atomic E-state index is -5.10. The van der Waals surface area contributed by atoms with E-state index in [4.69, 9.17) is 0 Å². The minimum Gasteiger partial charge on any atom is -0.344 e. The van der Waals surface area contributed by atoms with Crippen LogP contribution in [0.25, 0.3) is 11.1 Å². The summed E-state index contributed by atoms with van der Waals surface area (Å²) in [5.74, 6) is -3.73. The fourth-order valence-corrected chi connectivity index (χ4v) is 2.96. The summed E-state index contributed by atoms with van der Waals surface area (Å²) in [6.07, 6.45) is -10.0. The van der Waals surface area contributed by atoms with Crippen LogP contribution in [-0.4, -0.2) is 12.1 Å². The molecule has 0 aliphatic heterocycles. The van der Waals surface area contributed by atoms with E-state index in [1.807, 2.05) is 0 Å². The molecule has 26 heavy (non-hydrogen) atoms. The number of rotatable bonds is 3. The van der Waals surface area contributed by atoms with Crippen molar-refractivity contribution >= 4 is 28.5 Å². The van der Waals surface area contributed by atoms with Gasteiger partial charge in [-0.05, 0) is 39.8 Å². The minimum absolute atomic E-state index is 0.0401. The van der Waals surface area contributed by atoms with Gasteiger partial charge in [-0.25, -0.2) is 4.39 Å². The Balaban J connectivity index is 2.47. The highest BCUT2D eigenvalue weighted by Gasteiger charge is 2.39. The van der Waals surface area contributed by atoms with Crippen LogP contribution in [0.2, 0.25) is 0 Å². The van der Waals surface area contributed by atoms with Gasteiger partial charge in [0.1, 0.15) is 11.4 Å². The number of nitrogens with one attached hydrogen (secondary N) is 1. The molecule has 0 atom stereocenters. The number of hydrogen-bond donors (Lipinski definition) is 1. The Labute approximate surface area is 156 Å². The lowest BCUT2D eigenvalue weighted by atomic mass is 9.97. The van der Waals surface area contributed by atoms with Crippen LogP contribution in [0.15, 0.2) is 36.4 Å². The second kappa shape index (κ2) is 7.41. The molecule has 0 aliphatic carbocycles. The summed E-state index contributed by atoms with van der Waals surface area (Å²) < 4.78 is 90.1. The Kier molecular flexibility index (Phi) is 5.83. The van der Waals surface area contributed by atoms with Crippen molar-refractivity contribution < 1.29 is 35.5 Å². The summed E-state index contributed by atoms with van der Waals surface area (Å²) in [5, 5.41) is 1.61. The van der Waals surface area contributed by atoms with Gasteiger partial charge >= 0.3 is 18.3 Å². The van der Waals surface area contributed by atoms with Crippen LogP contribution in [0, 0.1) is 9.39 Å². The molecule has 0 saturated heterocycles. The van der Waals surface area contributed by atoms with Crippen LogP contribution in [0.4, 0.5) is 30.7 Å². The predicted octanol–water partition coefficient (Wildman–Crippen LogP) is 5.29. The third-order valence-corrected chi connectivity index (χ3v) is 4.28. The monoisotopic (exact) mass is 491 g/mol. The molecule has 0 heterocycles. The van der Waals surface area contributed by atoms with Gasteiger partial charge in [0.15, 0.2) is 0 Å². The molecule has 2 aromatic rings. The molecular weight excluding hydrogens is 482 g/mol. The van der Waals surface area contributed by atoms with Crippen molar-refractivity contribution in [1.29, 1.82) is 0 Å². The van der Waals surface area contributed by atoms with E-state index in [-0.39, 0.29) is 14.7 Å². The fourth-order valence-electron chi connectivity index (χ4n) is 2.23. The van der Waals surface area contributed by atoms with Crippen LogP contribution in [0.3, 0.4) is 0 Å². The zero-order valence-corrected chi connectivity index (χ0v) is 14.8. The van der Waals surface area contributed by atoms with Gasteiger partial charge in [-0.3, -0.25) is 4.79 Å². The average molecular weight is 491 g/mol. The summed E-state index contributed by atoms with van der Waals surface area (Å²) in [6, 6.07) is 7.53. The molecular formula is C16H9F7INO. The summed E-state index contributed by atoms with van der Waals surface area (Å²) >= 11 is 1.35. The number of halogens is 8. The topological polar surface area (TPSA) is 29.1 Å². The second-order valence-electron chi connectivity index (χ2n) is 5.12. The number of carbonyl (C=O) groups is 1. The number of benzene rings is 2. The Morgan fingerprint density at radius 3 is 2.15 bits per heavy atom. The van der Waals surface area contributed by atoms with E-state index in [0.29, 0.717) is 0 Å². The molecule has 0 spiro atoms. The Morgan fingerprint density at radius 2 is 1.58 bits per heavy atom. The third-order valence-electron chi connectivity index (χ3n) is 3.38. The molecule has 140 valence electrons. The molecule has 2 nitrogen and oxygen atoms in total. The van der Waals surface area contributed by atoms with Crippen LogP contribution >= 0.6 is 22.6 Å². The lowest BCUT2D eigenvalue weighted by Gasteiger charge is -2.16. The molecule has 0 aromatic heterocycles. The zero-order chi connectivity index (χ0) is 19.7. The van der Waals surface area contributed by atoms with Crippen LogP contribution in [-0.2, 0) is 17.5 Å². The van der Waals surface area contributed by atoms with E-state index < -0.39 is 41.7 Å². The van der Waals surface area contributed by atoms with Gasteiger partial charge in [-0.15, -0.1) is 0 Å². The van der Waals surface area contributed by atoms with E-state index in [0.717, 1.165) is 12.1 Å². The van der Waals surface area contributed by atoms with Crippen LogP contribution < -0.4 is 5.32 Å². The van der Waals surface area contributed by atoms with E-state index in [1.165, 1.54) is 46.9 Å². The Hall–Kier alpha value is -1.85. The molecule has 0 fully saturated rings. The molecule has 0 bridgehead atoms. The van der Waals surface area contributed by atoms with E-state index in [9.17, 15) is 35.5 Å². The van der Waals surface area contributed by atoms with Gasteiger partial charge in [0.05, 0.1) is 0 Å². The smallest absolute Gasteiger partial charge is 0.344 e. The molecule has 0 aliphatic rings. The molecule has 2 rings (SSSR count). The summed E-state index contributed by atoms with van der Waals surface area (Å²) in [4.78, 5) is 10.9. The van der Waals surface area contributed by atoms with E-state index >= 15 is 0 Å². The highest BCUT2D eigenvalue weighted by atomic mass is 127. The van der Waals surface area contributed by atoms with Gasteiger partial charge in [0.2, 0.25) is 0 Å². The first-order valence-electron chi connectivity index (χ1n) is 6.91. The van der Waals surface area contributed by atoms with Gasteiger partial charge in [0, 0.05) is 15.7 Å². The lowest BCUT2D eigenvalue weighted by molar-refractivity contribution is -0.173. The average Bonchev–Trinajstić information content (AvgIpc) is 2.51. The van der Waals surface area contributed by atoms with Gasteiger partial charge in [0.25, 0.3) is 0 Å². The zero-order valence-electron chi connectivity index (χ0n) is 12.6. The maximum absolute atomic E-state index is 14.5. The largest absolute Gasteiger partial charge is 0.471 e. The first-order valence-corrected chi connectivity index (χ1v) is 7.99.